The van der Waals surface area contributed by atoms with Crippen molar-refractivity contribution in [1.82, 2.24) is 10.2 Å². The number of morpholine rings is 1. The molecule has 2 rings (SSSR count). The molecule has 0 aromatic heterocycles. The normalized spacial score (nSPS) is 25.6. The van der Waals surface area contributed by atoms with Gasteiger partial charge in [0.2, 0.25) is 0 Å². The Morgan fingerprint density at radius 3 is 2.55 bits per heavy atom. The smallest absolute Gasteiger partial charge is 0.163 e. The second-order valence-electron chi connectivity index (χ2n) is 5.46. The molecule has 1 aromatic carbocycles. The van der Waals surface area contributed by atoms with Crippen LogP contribution in [-0.4, -0.2) is 43.8 Å². The lowest BCUT2D eigenvalue weighted by Crippen LogP contribution is -2.48. The van der Waals surface area contributed by atoms with E-state index in [1.54, 1.807) is 19.2 Å². The van der Waals surface area contributed by atoms with Crippen molar-refractivity contribution < 1.29 is 13.5 Å². The fourth-order valence-electron chi connectivity index (χ4n) is 2.83. The van der Waals surface area contributed by atoms with Crippen molar-refractivity contribution in [3.8, 4) is 0 Å². The third kappa shape index (κ3) is 3.53. The molecule has 0 amide bonds. The number of halogens is 2. The molecule has 0 radical (unpaired) electrons. The standard InChI is InChI=1S/C15H22F2N2O/c1-10-7-19(8-11(2)20-10)9-14(18-3)12-5-4-6-13(16)15(12)17/h4-6,10-11,14,18H,7-9H2,1-3H3. The molecule has 0 saturated carbocycles. The second-order valence-corrected chi connectivity index (χ2v) is 5.46. The van der Waals surface area contributed by atoms with E-state index >= 15 is 0 Å². The van der Waals surface area contributed by atoms with Gasteiger partial charge < -0.3 is 10.1 Å². The summed E-state index contributed by atoms with van der Waals surface area (Å²) in [5, 5.41) is 3.07. The number of nitrogens with one attached hydrogen (secondary N) is 1. The Bertz CT molecular complexity index is 445. The van der Waals surface area contributed by atoms with Gasteiger partial charge in [-0.3, -0.25) is 4.90 Å². The summed E-state index contributed by atoms with van der Waals surface area (Å²) in [5.41, 5.74) is 0.374. The molecule has 1 N–H and O–H groups in total. The maximum Gasteiger partial charge on any atom is 0.163 e. The summed E-state index contributed by atoms with van der Waals surface area (Å²) in [6, 6.07) is 4.09. The van der Waals surface area contributed by atoms with Gasteiger partial charge in [0.05, 0.1) is 12.2 Å². The topological polar surface area (TPSA) is 24.5 Å². The fraction of sp³-hybridized carbons (Fsp3) is 0.600. The summed E-state index contributed by atoms with van der Waals surface area (Å²) in [7, 11) is 1.77. The van der Waals surface area contributed by atoms with Gasteiger partial charge in [0.1, 0.15) is 0 Å². The van der Waals surface area contributed by atoms with Crippen molar-refractivity contribution in [3.63, 3.8) is 0 Å². The van der Waals surface area contributed by atoms with Crippen molar-refractivity contribution >= 4 is 0 Å². The Morgan fingerprint density at radius 2 is 1.95 bits per heavy atom. The van der Waals surface area contributed by atoms with Crippen LogP contribution in [-0.2, 0) is 4.74 Å². The largest absolute Gasteiger partial charge is 0.373 e. The zero-order chi connectivity index (χ0) is 14.7. The molecule has 3 atom stereocenters. The van der Waals surface area contributed by atoms with Crippen LogP contribution in [0.2, 0.25) is 0 Å². The van der Waals surface area contributed by atoms with Gasteiger partial charge in [-0.25, -0.2) is 8.78 Å². The summed E-state index contributed by atoms with van der Waals surface area (Å²) in [5.74, 6) is -1.56. The minimum absolute atomic E-state index is 0.161. The van der Waals surface area contributed by atoms with Crippen molar-refractivity contribution in [1.29, 1.82) is 0 Å². The Morgan fingerprint density at radius 1 is 1.30 bits per heavy atom. The lowest BCUT2D eigenvalue weighted by Gasteiger charge is -2.37. The summed E-state index contributed by atoms with van der Waals surface area (Å²) in [6.45, 7) is 6.30. The number of likely N-dealkylation sites (N-methyl/N-ethyl adjacent to an activating group) is 1. The molecule has 0 bridgehead atoms. The van der Waals surface area contributed by atoms with Gasteiger partial charge in [0.25, 0.3) is 0 Å². The number of benzene rings is 1. The zero-order valence-electron chi connectivity index (χ0n) is 12.2. The molecule has 5 heteroatoms. The van der Waals surface area contributed by atoms with Crippen LogP contribution >= 0.6 is 0 Å². The molecular weight excluding hydrogens is 262 g/mol. The summed E-state index contributed by atoms with van der Waals surface area (Å²) in [4.78, 5) is 2.23. The summed E-state index contributed by atoms with van der Waals surface area (Å²) >= 11 is 0. The van der Waals surface area contributed by atoms with Gasteiger partial charge >= 0.3 is 0 Å². The van der Waals surface area contributed by atoms with Crippen LogP contribution in [0.3, 0.4) is 0 Å². The summed E-state index contributed by atoms with van der Waals surface area (Å²) in [6.07, 6.45) is 0.322. The van der Waals surface area contributed by atoms with Gasteiger partial charge in [-0.1, -0.05) is 12.1 Å². The van der Waals surface area contributed by atoms with Gasteiger partial charge in [-0.05, 0) is 27.0 Å². The molecule has 0 spiro atoms. The molecule has 20 heavy (non-hydrogen) atoms. The van der Waals surface area contributed by atoms with E-state index in [9.17, 15) is 8.78 Å². The number of hydrogen-bond donors (Lipinski definition) is 1. The third-order valence-electron chi connectivity index (χ3n) is 3.64. The van der Waals surface area contributed by atoms with Crippen LogP contribution in [0.1, 0.15) is 25.5 Å². The molecule has 3 nitrogen and oxygen atoms in total. The van der Waals surface area contributed by atoms with Crippen molar-refractivity contribution in [2.24, 2.45) is 0 Å². The number of nitrogens with zero attached hydrogens (tertiary/aromatic N) is 1. The molecule has 1 heterocycles. The minimum Gasteiger partial charge on any atom is -0.373 e. The molecule has 3 unspecified atom stereocenters. The first kappa shape index (κ1) is 15.4. The first-order valence-electron chi connectivity index (χ1n) is 7.00. The number of ether oxygens (including phenoxy) is 1. The van der Waals surface area contributed by atoms with Crippen LogP contribution in [0, 0.1) is 11.6 Å². The highest BCUT2D eigenvalue weighted by atomic mass is 19.2. The first-order valence-corrected chi connectivity index (χ1v) is 7.00. The van der Waals surface area contributed by atoms with E-state index in [4.69, 9.17) is 4.74 Å². The van der Waals surface area contributed by atoms with Crippen LogP contribution in [0.4, 0.5) is 8.78 Å². The first-order chi connectivity index (χ1) is 9.51. The van der Waals surface area contributed by atoms with E-state index in [0.29, 0.717) is 12.1 Å². The Hall–Kier alpha value is -1.04. The van der Waals surface area contributed by atoms with Crippen LogP contribution < -0.4 is 5.32 Å². The van der Waals surface area contributed by atoms with Crippen LogP contribution in [0.5, 0.6) is 0 Å². The molecule has 112 valence electrons. The third-order valence-corrected chi connectivity index (χ3v) is 3.64. The summed E-state index contributed by atoms with van der Waals surface area (Å²) < 4.78 is 32.9. The lowest BCUT2D eigenvalue weighted by molar-refractivity contribution is -0.0699. The number of hydrogen-bond acceptors (Lipinski definition) is 3. The lowest BCUT2D eigenvalue weighted by atomic mass is 10.0. The van der Waals surface area contributed by atoms with E-state index in [2.05, 4.69) is 10.2 Å². The second kappa shape index (κ2) is 6.61. The highest BCUT2D eigenvalue weighted by Gasteiger charge is 2.26. The molecule has 0 aliphatic carbocycles. The van der Waals surface area contributed by atoms with Gasteiger partial charge in [-0.15, -0.1) is 0 Å². The molecule has 1 aliphatic rings. The molecule has 1 fully saturated rings. The molecule has 1 aliphatic heterocycles. The van der Waals surface area contributed by atoms with Gasteiger partial charge in [-0.2, -0.15) is 0 Å². The predicted octanol–water partition coefficient (Wildman–Crippen LogP) is 2.33. The minimum atomic E-state index is -0.800. The predicted molar refractivity (Wildman–Crippen MR) is 74.6 cm³/mol. The van der Waals surface area contributed by atoms with E-state index in [1.165, 1.54) is 0 Å². The van der Waals surface area contributed by atoms with Crippen molar-refractivity contribution in [3.05, 3.63) is 35.4 Å². The Balaban J connectivity index is 2.10. The maximum atomic E-state index is 13.9. The SMILES string of the molecule is CNC(CN1CC(C)OC(C)C1)c1cccc(F)c1F. The highest BCUT2D eigenvalue weighted by molar-refractivity contribution is 5.23. The van der Waals surface area contributed by atoms with E-state index in [-0.39, 0.29) is 18.2 Å². The van der Waals surface area contributed by atoms with E-state index < -0.39 is 11.6 Å². The van der Waals surface area contributed by atoms with E-state index in [0.717, 1.165) is 19.2 Å². The molecular formula is C15H22F2N2O. The quantitative estimate of drug-likeness (QED) is 0.918. The van der Waals surface area contributed by atoms with Crippen LogP contribution in [0.15, 0.2) is 18.2 Å². The fourth-order valence-corrected chi connectivity index (χ4v) is 2.83. The average molecular weight is 284 g/mol. The Labute approximate surface area is 118 Å². The van der Waals surface area contributed by atoms with Gasteiger partial charge in [0, 0.05) is 31.2 Å². The maximum absolute atomic E-state index is 13.9. The van der Waals surface area contributed by atoms with E-state index in [1.807, 2.05) is 13.8 Å². The zero-order valence-corrected chi connectivity index (χ0v) is 12.2. The highest BCUT2D eigenvalue weighted by Crippen LogP contribution is 2.21. The Kier molecular flexibility index (Phi) is 5.07. The molecule has 1 saturated heterocycles. The average Bonchev–Trinajstić information content (AvgIpc) is 2.38. The monoisotopic (exact) mass is 284 g/mol. The molecule has 1 aromatic rings. The van der Waals surface area contributed by atoms with Crippen molar-refractivity contribution in [2.75, 3.05) is 26.7 Å². The van der Waals surface area contributed by atoms with Crippen LogP contribution in [0.25, 0.3) is 0 Å². The number of rotatable bonds is 4. The van der Waals surface area contributed by atoms with Crippen molar-refractivity contribution in [2.45, 2.75) is 32.1 Å². The van der Waals surface area contributed by atoms with Gasteiger partial charge in [0.15, 0.2) is 11.6 Å².